The van der Waals surface area contributed by atoms with E-state index >= 15 is 0 Å². The summed E-state index contributed by atoms with van der Waals surface area (Å²) in [5.74, 6) is -0.795. The van der Waals surface area contributed by atoms with Gasteiger partial charge in [-0.2, -0.15) is 4.98 Å². The molecule has 3 aromatic rings. The molecule has 3 heterocycles. The number of nitrogens with one attached hydrogen (secondary N) is 2. The number of piperidine rings is 1. The molecule has 4 rings (SSSR count). The number of hydrogen-bond donors (Lipinski definition) is 2. The number of likely N-dealkylation sites (tertiary alicyclic amines) is 1. The molecular weight excluding hydrogens is 488 g/mol. The van der Waals surface area contributed by atoms with Gasteiger partial charge in [-0.15, -0.1) is 13.2 Å². The molecule has 0 atom stereocenters. The molecule has 0 bridgehead atoms. The normalized spacial score (nSPS) is 17.9. The number of benzene rings is 1. The van der Waals surface area contributed by atoms with Crippen molar-refractivity contribution in [3.8, 4) is 16.9 Å². The molecule has 1 saturated heterocycles. The minimum absolute atomic E-state index is 0.0180. The molecule has 11 heteroatoms. The van der Waals surface area contributed by atoms with Gasteiger partial charge in [-0.05, 0) is 83.5 Å². The van der Waals surface area contributed by atoms with Crippen LogP contribution in [0.4, 0.5) is 35.0 Å². The summed E-state index contributed by atoms with van der Waals surface area (Å²) in [5.41, 5.74) is 0.871. The van der Waals surface area contributed by atoms with Crippen molar-refractivity contribution in [2.24, 2.45) is 0 Å². The first kappa shape index (κ1) is 26.6. The molecular formula is C26H30F4N6O. The van der Waals surface area contributed by atoms with Gasteiger partial charge >= 0.3 is 6.36 Å². The van der Waals surface area contributed by atoms with Gasteiger partial charge in [0.2, 0.25) is 5.95 Å². The van der Waals surface area contributed by atoms with E-state index < -0.39 is 12.2 Å². The van der Waals surface area contributed by atoms with Crippen molar-refractivity contribution in [3.05, 3.63) is 54.7 Å². The van der Waals surface area contributed by atoms with Crippen LogP contribution in [0, 0.1) is 5.82 Å². The molecule has 37 heavy (non-hydrogen) atoms. The number of pyridine rings is 1. The fourth-order valence-electron chi connectivity index (χ4n) is 4.90. The van der Waals surface area contributed by atoms with Crippen molar-refractivity contribution in [1.82, 2.24) is 19.9 Å². The second-order valence-electron chi connectivity index (χ2n) is 10.4. The Hall–Kier alpha value is -3.47. The summed E-state index contributed by atoms with van der Waals surface area (Å²) in [5, 5.41) is 6.19. The van der Waals surface area contributed by atoms with Crippen LogP contribution in [-0.2, 0) is 0 Å². The highest BCUT2D eigenvalue weighted by Crippen LogP contribution is 2.39. The Morgan fingerprint density at radius 1 is 1.03 bits per heavy atom. The first-order valence-electron chi connectivity index (χ1n) is 11.8. The van der Waals surface area contributed by atoms with E-state index in [1.54, 1.807) is 12.1 Å². The monoisotopic (exact) mass is 518 g/mol. The number of alkyl halides is 3. The minimum Gasteiger partial charge on any atom is -0.405 e. The van der Waals surface area contributed by atoms with Crippen molar-refractivity contribution in [1.29, 1.82) is 0 Å². The lowest BCUT2D eigenvalue weighted by molar-refractivity contribution is -0.274. The van der Waals surface area contributed by atoms with Crippen LogP contribution in [0.5, 0.6) is 5.75 Å². The van der Waals surface area contributed by atoms with Gasteiger partial charge < -0.3 is 15.4 Å². The molecule has 1 aliphatic rings. The second-order valence-corrected chi connectivity index (χ2v) is 10.4. The SMILES string of the molecule is CN1C(C)(C)CC(Nc2nc(Nc3ccc(OC(F)(F)F)c(-c4ccncc4)c3)ncc2F)CC1(C)C. The van der Waals surface area contributed by atoms with Crippen LogP contribution >= 0.6 is 0 Å². The third kappa shape index (κ3) is 6.27. The average Bonchev–Trinajstić information content (AvgIpc) is 2.80. The van der Waals surface area contributed by atoms with Crippen LogP contribution in [0.3, 0.4) is 0 Å². The first-order chi connectivity index (χ1) is 17.2. The summed E-state index contributed by atoms with van der Waals surface area (Å²) in [4.78, 5) is 14.6. The van der Waals surface area contributed by atoms with E-state index in [4.69, 9.17) is 0 Å². The maximum absolute atomic E-state index is 14.7. The lowest BCUT2D eigenvalue weighted by atomic mass is 9.77. The topological polar surface area (TPSA) is 75.2 Å². The highest BCUT2D eigenvalue weighted by Gasteiger charge is 2.43. The van der Waals surface area contributed by atoms with E-state index in [0.717, 1.165) is 19.0 Å². The Kier molecular flexibility index (Phi) is 7.02. The molecule has 0 saturated carbocycles. The zero-order valence-corrected chi connectivity index (χ0v) is 21.3. The summed E-state index contributed by atoms with van der Waals surface area (Å²) < 4.78 is 57.8. The fourth-order valence-corrected chi connectivity index (χ4v) is 4.90. The van der Waals surface area contributed by atoms with Crippen molar-refractivity contribution < 1.29 is 22.3 Å². The van der Waals surface area contributed by atoms with Crippen LogP contribution in [-0.4, -0.2) is 50.4 Å². The van der Waals surface area contributed by atoms with E-state index in [-0.39, 0.29) is 40.2 Å². The van der Waals surface area contributed by atoms with Crippen molar-refractivity contribution >= 4 is 17.5 Å². The number of aromatic nitrogens is 3. The summed E-state index contributed by atoms with van der Waals surface area (Å²) in [6, 6.07) is 7.23. The third-order valence-electron chi connectivity index (χ3n) is 6.85. The summed E-state index contributed by atoms with van der Waals surface area (Å²) in [7, 11) is 2.09. The van der Waals surface area contributed by atoms with Crippen LogP contribution in [0.1, 0.15) is 40.5 Å². The highest BCUT2D eigenvalue weighted by molar-refractivity contribution is 5.75. The molecule has 0 unspecified atom stereocenters. The van der Waals surface area contributed by atoms with E-state index in [2.05, 4.69) is 70.0 Å². The molecule has 1 aliphatic heterocycles. The predicted octanol–water partition coefficient (Wildman–Crippen LogP) is 6.38. The molecule has 2 aromatic heterocycles. The smallest absolute Gasteiger partial charge is 0.405 e. The van der Waals surface area contributed by atoms with Crippen LogP contribution < -0.4 is 15.4 Å². The summed E-state index contributed by atoms with van der Waals surface area (Å²) >= 11 is 0. The summed E-state index contributed by atoms with van der Waals surface area (Å²) in [6.07, 6.45) is 0.727. The van der Waals surface area contributed by atoms with Crippen molar-refractivity contribution in [3.63, 3.8) is 0 Å². The molecule has 1 aromatic carbocycles. The number of hydrogen-bond acceptors (Lipinski definition) is 7. The second kappa shape index (κ2) is 9.77. The van der Waals surface area contributed by atoms with E-state index in [1.807, 2.05) is 0 Å². The average molecular weight is 519 g/mol. The first-order valence-corrected chi connectivity index (χ1v) is 11.8. The zero-order chi connectivity index (χ0) is 27.0. The maximum Gasteiger partial charge on any atom is 0.573 e. The Bertz CT molecular complexity index is 1230. The van der Waals surface area contributed by atoms with Gasteiger partial charge in [-0.25, -0.2) is 9.37 Å². The molecule has 7 nitrogen and oxygen atoms in total. The van der Waals surface area contributed by atoms with Crippen LogP contribution in [0.25, 0.3) is 11.1 Å². The lowest BCUT2D eigenvalue weighted by Gasteiger charge is -2.53. The molecule has 0 spiro atoms. The van der Waals surface area contributed by atoms with Gasteiger partial charge in [0, 0.05) is 40.8 Å². The predicted molar refractivity (Wildman–Crippen MR) is 134 cm³/mol. The van der Waals surface area contributed by atoms with Gasteiger partial charge in [0.05, 0.1) is 6.20 Å². The Labute approximate surface area is 213 Å². The number of halogens is 4. The Balaban J connectivity index is 1.59. The molecule has 2 N–H and O–H groups in total. The number of anilines is 3. The number of rotatable bonds is 6. The van der Waals surface area contributed by atoms with Gasteiger partial charge in [-0.3, -0.25) is 9.88 Å². The largest absolute Gasteiger partial charge is 0.573 e. The van der Waals surface area contributed by atoms with Crippen LogP contribution in [0.2, 0.25) is 0 Å². The van der Waals surface area contributed by atoms with E-state index in [0.29, 0.717) is 11.3 Å². The minimum atomic E-state index is -4.85. The molecule has 0 aliphatic carbocycles. The lowest BCUT2D eigenvalue weighted by Crippen LogP contribution is -2.61. The van der Waals surface area contributed by atoms with Gasteiger partial charge in [-0.1, -0.05) is 0 Å². The number of nitrogens with zero attached hydrogens (tertiary/aromatic N) is 4. The van der Waals surface area contributed by atoms with Crippen molar-refractivity contribution in [2.45, 2.75) is 64.0 Å². The number of ether oxygens (including phenoxy) is 1. The Morgan fingerprint density at radius 2 is 1.68 bits per heavy atom. The highest BCUT2D eigenvalue weighted by atomic mass is 19.4. The quantitative estimate of drug-likeness (QED) is 0.367. The van der Waals surface area contributed by atoms with Crippen molar-refractivity contribution in [2.75, 3.05) is 17.7 Å². The van der Waals surface area contributed by atoms with Gasteiger partial charge in [0.25, 0.3) is 0 Å². The standard InChI is InChI=1S/C26H30F4N6O/c1-24(2)13-18(14-25(3,4)36(24)5)33-22-20(27)15-32-23(35-22)34-17-6-7-21(37-26(28,29)30)19(12-17)16-8-10-31-11-9-16/h6-12,15,18H,13-14H2,1-5H3,(H2,32,33,34,35). The fraction of sp³-hybridized carbons (Fsp3) is 0.423. The zero-order valence-electron chi connectivity index (χ0n) is 21.3. The third-order valence-corrected chi connectivity index (χ3v) is 6.85. The molecule has 0 radical (unpaired) electrons. The molecule has 1 fully saturated rings. The van der Waals surface area contributed by atoms with Gasteiger partial charge in [0.15, 0.2) is 11.6 Å². The Morgan fingerprint density at radius 3 is 2.30 bits per heavy atom. The van der Waals surface area contributed by atoms with Crippen LogP contribution in [0.15, 0.2) is 48.9 Å². The van der Waals surface area contributed by atoms with Gasteiger partial charge in [0.1, 0.15) is 5.75 Å². The summed E-state index contributed by atoms with van der Waals surface area (Å²) in [6.45, 7) is 8.60. The van der Waals surface area contributed by atoms with E-state index in [9.17, 15) is 17.6 Å². The van der Waals surface area contributed by atoms with E-state index in [1.165, 1.54) is 30.6 Å². The maximum atomic E-state index is 14.7. The molecule has 198 valence electrons. The molecule has 0 amide bonds.